The molecule has 6 saturated carbocycles. The van der Waals surface area contributed by atoms with E-state index < -0.39 is 22.5 Å². The van der Waals surface area contributed by atoms with Gasteiger partial charge in [0.05, 0.1) is 35.9 Å². The first kappa shape index (κ1) is 38.4. The highest BCUT2D eigenvalue weighted by molar-refractivity contribution is 7.14. The van der Waals surface area contributed by atoms with Crippen molar-refractivity contribution in [3.8, 4) is 0 Å². The number of nitrogens with zero attached hydrogens (tertiary/aromatic N) is 1. The van der Waals surface area contributed by atoms with Gasteiger partial charge in [-0.1, -0.05) is 76.3 Å². The largest absolute Gasteiger partial charge is 0.393 e. The SMILES string of the molecule is Cc1ccc(C(=O)C2=CC34C=CC25C(CCC2(C)C5CCC2(O)CN(CC(O)COCc2ccccc2)CC2CCC5CC2C5(C)C)C3(C)CCC(O)C4)s1. The fourth-order valence-corrected chi connectivity index (χ4v) is 15.4. The maximum absolute atomic E-state index is 14.9. The van der Waals surface area contributed by atoms with Crippen molar-refractivity contribution in [2.24, 2.45) is 56.7 Å². The second kappa shape index (κ2) is 13.5. The molecule has 0 saturated heterocycles. The summed E-state index contributed by atoms with van der Waals surface area (Å²) < 4.78 is 6.06. The molecule has 0 amide bonds. The zero-order chi connectivity index (χ0) is 38.6. The summed E-state index contributed by atoms with van der Waals surface area (Å²) in [7, 11) is 0. The molecule has 2 aromatic rings. The number of hydrogen-bond acceptors (Lipinski definition) is 7. The van der Waals surface area contributed by atoms with E-state index in [1.54, 1.807) is 11.3 Å². The first-order valence-electron chi connectivity index (χ1n) is 21.6. The molecule has 12 atom stereocenters. The summed E-state index contributed by atoms with van der Waals surface area (Å²) in [6, 6.07) is 14.2. The van der Waals surface area contributed by atoms with E-state index in [0.29, 0.717) is 49.8 Å². The lowest BCUT2D eigenvalue weighted by Crippen LogP contribution is -2.67. The van der Waals surface area contributed by atoms with Gasteiger partial charge in [0.2, 0.25) is 0 Å². The van der Waals surface area contributed by atoms with E-state index in [0.717, 1.165) is 65.5 Å². The molecular formula is C48H65NO5S. The van der Waals surface area contributed by atoms with Crippen LogP contribution >= 0.6 is 11.3 Å². The van der Waals surface area contributed by atoms with Crippen LogP contribution in [0.25, 0.3) is 0 Å². The van der Waals surface area contributed by atoms with E-state index in [1.165, 1.54) is 19.3 Å². The van der Waals surface area contributed by atoms with Crippen molar-refractivity contribution in [2.45, 2.75) is 123 Å². The smallest absolute Gasteiger partial charge is 0.199 e. The Labute approximate surface area is 333 Å². The maximum atomic E-state index is 14.9. The summed E-state index contributed by atoms with van der Waals surface area (Å²) in [5, 5.41) is 36.0. The van der Waals surface area contributed by atoms with Crippen LogP contribution in [0, 0.1) is 63.6 Å². The highest BCUT2D eigenvalue weighted by atomic mass is 32.1. The number of aliphatic hydroxyl groups is 3. The van der Waals surface area contributed by atoms with Crippen LogP contribution in [0.2, 0.25) is 0 Å². The molecule has 0 aliphatic heterocycles. The fraction of sp³-hybridized carbons (Fsp3) is 0.688. The van der Waals surface area contributed by atoms with Crippen molar-refractivity contribution in [3.63, 3.8) is 0 Å². The number of allylic oxidation sites excluding steroid dienone is 4. The number of carbonyl (C=O) groups excluding carboxylic acids is 1. The number of ether oxygens (including phenoxy) is 1. The average Bonchev–Trinajstić information content (AvgIpc) is 3.71. The number of aryl methyl sites for hydroxylation is 1. The van der Waals surface area contributed by atoms with Crippen molar-refractivity contribution in [1.29, 1.82) is 0 Å². The number of fused-ring (bicyclic) bond motifs is 3. The molecule has 55 heavy (non-hydrogen) atoms. The molecule has 1 aromatic heterocycles. The van der Waals surface area contributed by atoms with Gasteiger partial charge in [-0.15, -0.1) is 11.3 Å². The topological polar surface area (TPSA) is 90.2 Å². The standard InChI is InChI=1S/C48H65NO5S/c1-31-11-14-39(55-31)42(52)38-25-46-21-22-48(38)40(44(46,4)18-15-35(50)24-46)16-19-45(5)41(48)17-20-47(45,53)30-49(26-33-12-13-34-23-37(33)43(34,2)3)27-36(51)29-54-28-32-9-7-6-8-10-32/h6-11,14,21-22,25,33-37,40-41,50-51,53H,12-13,15-20,23-24,26-30H2,1-5H3. The molecule has 9 aliphatic rings. The molecule has 2 spiro atoms. The van der Waals surface area contributed by atoms with Crippen molar-refractivity contribution >= 4 is 17.1 Å². The average molecular weight is 768 g/mol. The molecule has 12 unspecified atom stereocenters. The minimum absolute atomic E-state index is 0.0531. The Morgan fingerprint density at radius 1 is 0.945 bits per heavy atom. The lowest BCUT2D eigenvalue weighted by molar-refractivity contribution is -0.179. The third-order valence-electron chi connectivity index (χ3n) is 17.8. The highest BCUT2D eigenvalue weighted by Gasteiger charge is 2.74. The number of benzene rings is 1. The Kier molecular flexibility index (Phi) is 9.39. The van der Waals surface area contributed by atoms with Gasteiger partial charge >= 0.3 is 0 Å². The summed E-state index contributed by atoms with van der Waals surface area (Å²) in [4.78, 5) is 19.3. The van der Waals surface area contributed by atoms with Crippen LogP contribution in [-0.2, 0) is 11.3 Å². The summed E-state index contributed by atoms with van der Waals surface area (Å²) in [5.41, 5.74) is 0.155. The van der Waals surface area contributed by atoms with Crippen LogP contribution in [0.4, 0.5) is 0 Å². The van der Waals surface area contributed by atoms with Crippen LogP contribution in [0.3, 0.4) is 0 Å². The summed E-state index contributed by atoms with van der Waals surface area (Å²) in [5.74, 6) is 2.59. The van der Waals surface area contributed by atoms with E-state index in [9.17, 15) is 20.1 Å². The van der Waals surface area contributed by atoms with E-state index in [4.69, 9.17) is 4.74 Å². The molecule has 3 N–H and O–H groups in total. The minimum Gasteiger partial charge on any atom is -0.393 e. The van der Waals surface area contributed by atoms with E-state index in [-0.39, 0.29) is 41.2 Å². The predicted molar refractivity (Wildman–Crippen MR) is 219 cm³/mol. The van der Waals surface area contributed by atoms with Gasteiger partial charge in [0, 0.05) is 46.3 Å². The van der Waals surface area contributed by atoms with Crippen LogP contribution in [-0.4, -0.2) is 70.1 Å². The molecule has 4 bridgehead atoms. The Hall–Kier alpha value is -2.13. The number of thiophene rings is 1. The van der Waals surface area contributed by atoms with Crippen molar-refractivity contribution < 1.29 is 24.9 Å². The number of hydrogen-bond donors (Lipinski definition) is 3. The van der Waals surface area contributed by atoms with Gasteiger partial charge in [0.1, 0.15) is 0 Å². The van der Waals surface area contributed by atoms with Gasteiger partial charge in [-0.25, -0.2) is 0 Å². The Morgan fingerprint density at radius 3 is 2.42 bits per heavy atom. The first-order valence-corrected chi connectivity index (χ1v) is 22.4. The number of rotatable bonds is 12. The summed E-state index contributed by atoms with van der Waals surface area (Å²) in [6.45, 7) is 14.4. The Bertz CT molecular complexity index is 1850. The molecule has 9 aliphatic carbocycles. The van der Waals surface area contributed by atoms with Crippen LogP contribution in [0.5, 0.6) is 0 Å². The lowest BCUT2D eigenvalue weighted by atomic mass is 9.32. The van der Waals surface area contributed by atoms with E-state index in [1.807, 2.05) is 24.3 Å². The normalized spacial score (nSPS) is 42.6. The first-order chi connectivity index (χ1) is 26.1. The van der Waals surface area contributed by atoms with Crippen molar-refractivity contribution in [1.82, 2.24) is 4.90 Å². The Morgan fingerprint density at radius 2 is 1.69 bits per heavy atom. The minimum atomic E-state index is -0.967. The summed E-state index contributed by atoms with van der Waals surface area (Å²) in [6.07, 6.45) is 15.8. The monoisotopic (exact) mass is 767 g/mol. The molecule has 1 heterocycles. The third-order valence-corrected chi connectivity index (χ3v) is 18.8. The van der Waals surface area contributed by atoms with Crippen LogP contribution < -0.4 is 0 Å². The molecule has 1 aromatic carbocycles. The second-order valence-electron chi connectivity index (χ2n) is 20.6. The Balaban J connectivity index is 1.03. The van der Waals surface area contributed by atoms with Gasteiger partial charge in [-0.05, 0) is 129 Å². The quantitative estimate of drug-likeness (QED) is 0.148. The molecule has 11 rings (SSSR count). The number of aliphatic hydroxyl groups excluding tert-OH is 2. The van der Waals surface area contributed by atoms with Gasteiger partial charge < -0.3 is 20.1 Å². The van der Waals surface area contributed by atoms with E-state index >= 15 is 0 Å². The molecule has 6 nitrogen and oxygen atoms in total. The van der Waals surface area contributed by atoms with Gasteiger partial charge in [0.25, 0.3) is 0 Å². The molecular weight excluding hydrogens is 703 g/mol. The van der Waals surface area contributed by atoms with E-state index in [2.05, 4.69) is 75.9 Å². The zero-order valence-corrected chi connectivity index (χ0v) is 34.8. The number of Topliss-reactive ketones (excluding diaryl/α,β-unsaturated/α-hetero) is 1. The maximum Gasteiger partial charge on any atom is 0.199 e. The molecule has 298 valence electrons. The molecule has 7 heteroatoms. The summed E-state index contributed by atoms with van der Waals surface area (Å²) >= 11 is 1.59. The van der Waals surface area contributed by atoms with Crippen molar-refractivity contribution in [2.75, 3.05) is 26.2 Å². The fourth-order valence-electron chi connectivity index (χ4n) is 14.6. The number of ketones is 1. The molecule has 0 radical (unpaired) electrons. The highest BCUT2D eigenvalue weighted by Crippen LogP contribution is 2.78. The zero-order valence-electron chi connectivity index (χ0n) is 33.9. The van der Waals surface area contributed by atoms with Gasteiger partial charge in [-0.2, -0.15) is 0 Å². The van der Waals surface area contributed by atoms with Gasteiger partial charge in [0.15, 0.2) is 5.78 Å². The van der Waals surface area contributed by atoms with Crippen LogP contribution in [0.1, 0.15) is 112 Å². The predicted octanol–water partition coefficient (Wildman–Crippen LogP) is 8.78. The van der Waals surface area contributed by atoms with Gasteiger partial charge in [-0.3, -0.25) is 9.69 Å². The lowest BCUT2D eigenvalue weighted by Gasteiger charge is -2.71. The van der Waals surface area contributed by atoms with Crippen molar-refractivity contribution in [3.05, 3.63) is 81.6 Å². The second-order valence-corrected chi connectivity index (χ2v) is 21.9. The van der Waals surface area contributed by atoms with Crippen LogP contribution in [0.15, 0.2) is 66.3 Å². The third kappa shape index (κ3) is 5.74. The molecule has 6 fully saturated rings. The number of carbonyl (C=O) groups is 1.